The molecule has 0 heterocycles. The number of nitrogens with one attached hydrogen (secondary N) is 2. The molecule has 0 unspecified atom stereocenters. The van der Waals surface area contributed by atoms with E-state index in [2.05, 4.69) is 16.7 Å². The van der Waals surface area contributed by atoms with Crippen molar-refractivity contribution in [2.24, 2.45) is 0 Å². The molecule has 2 N–H and O–H groups in total. The molecule has 0 aromatic heterocycles. The van der Waals surface area contributed by atoms with E-state index in [0.29, 0.717) is 13.0 Å². The number of unbranched alkanes of at least 4 members (excludes halogenated alkanes) is 1. The Hall–Kier alpha value is -1.28. The van der Waals surface area contributed by atoms with Gasteiger partial charge in [0.25, 0.3) is 0 Å². The number of rotatable bonds is 6. The molecule has 5 nitrogen and oxygen atoms in total. The lowest BCUT2D eigenvalue weighted by atomic mass is 10.3. The molecular weight excluding hydrogens is 180 g/mol. The first-order chi connectivity index (χ1) is 6.68. The van der Waals surface area contributed by atoms with Crippen molar-refractivity contribution in [3.8, 4) is 6.07 Å². The van der Waals surface area contributed by atoms with Crippen LogP contribution in [0.5, 0.6) is 0 Å². The van der Waals surface area contributed by atoms with E-state index in [-0.39, 0.29) is 6.03 Å². The normalized spacial score (nSPS) is 9.21. The van der Waals surface area contributed by atoms with Crippen molar-refractivity contribution < 1.29 is 4.79 Å². The lowest BCUT2D eigenvalue weighted by Gasteiger charge is -2.11. The minimum Gasteiger partial charge on any atom is -0.337 e. The van der Waals surface area contributed by atoms with Crippen molar-refractivity contribution >= 4 is 6.03 Å². The van der Waals surface area contributed by atoms with Crippen molar-refractivity contribution in [2.75, 3.05) is 33.7 Å². The Bertz CT molecular complexity index is 197. The number of nitriles is 1. The monoisotopic (exact) mass is 198 g/mol. The maximum absolute atomic E-state index is 11.0. The summed E-state index contributed by atoms with van der Waals surface area (Å²) in [6, 6.07) is 2.00. The summed E-state index contributed by atoms with van der Waals surface area (Å²) in [6.45, 7) is 2.18. The average Bonchev–Trinajstić information content (AvgIpc) is 2.16. The predicted octanol–water partition coefficient (Wildman–Crippen LogP) is 0.151. The highest BCUT2D eigenvalue weighted by Gasteiger charge is 1.99. The molecule has 0 atom stereocenters. The highest BCUT2D eigenvalue weighted by Crippen LogP contribution is 1.81. The van der Waals surface area contributed by atoms with Crippen molar-refractivity contribution in [2.45, 2.75) is 12.8 Å². The van der Waals surface area contributed by atoms with Gasteiger partial charge in [0.1, 0.15) is 0 Å². The van der Waals surface area contributed by atoms with Gasteiger partial charge in [0.2, 0.25) is 0 Å². The minimum atomic E-state index is -0.0798. The summed E-state index contributed by atoms with van der Waals surface area (Å²) in [4.78, 5) is 12.5. The van der Waals surface area contributed by atoms with Crippen LogP contribution in [0.2, 0.25) is 0 Å². The molecule has 0 saturated heterocycles. The van der Waals surface area contributed by atoms with Gasteiger partial charge in [-0.05, 0) is 13.0 Å². The van der Waals surface area contributed by atoms with Crippen LogP contribution in [-0.2, 0) is 0 Å². The molecule has 80 valence electrons. The van der Waals surface area contributed by atoms with Gasteiger partial charge < -0.3 is 15.5 Å². The van der Waals surface area contributed by atoms with Crippen LogP contribution in [0, 0.1) is 11.3 Å². The Morgan fingerprint density at radius 1 is 1.36 bits per heavy atom. The van der Waals surface area contributed by atoms with Crippen LogP contribution in [0.15, 0.2) is 0 Å². The average molecular weight is 198 g/mol. The number of nitrogens with zero attached hydrogens (tertiary/aromatic N) is 2. The van der Waals surface area contributed by atoms with E-state index in [1.54, 1.807) is 14.1 Å². The van der Waals surface area contributed by atoms with Gasteiger partial charge in [-0.2, -0.15) is 5.26 Å². The second-order valence-corrected chi connectivity index (χ2v) is 3.14. The molecule has 0 fully saturated rings. The molecule has 0 spiro atoms. The molecule has 5 heteroatoms. The molecule has 0 saturated carbocycles. The van der Waals surface area contributed by atoms with E-state index in [9.17, 15) is 4.79 Å². The van der Waals surface area contributed by atoms with Crippen molar-refractivity contribution in [3.63, 3.8) is 0 Å². The highest BCUT2D eigenvalue weighted by atomic mass is 16.2. The van der Waals surface area contributed by atoms with E-state index in [1.807, 2.05) is 0 Å². The first kappa shape index (κ1) is 12.7. The summed E-state index contributed by atoms with van der Waals surface area (Å²) in [5.41, 5.74) is 0. The number of hydrogen-bond donors (Lipinski definition) is 2. The SMILES string of the molecule is CN(C)C(=O)NCCNCCCC#N. The minimum absolute atomic E-state index is 0.0798. The van der Waals surface area contributed by atoms with Crippen LogP contribution in [0.3, 0.4) is 0 Å². The topological polar surface area (TPSA) is 68.2 Å². The Morgan fingerprint density at radius 2 is 2.07 bits per heavy atom. The number of hydrogen-bond acceptors (Lipinski definition) is 3. The van der Waals surface area contributed by atoms with Gasteiger partial charge in [-0.15, -0.1) is 0 Å². The molecule has 0 aliphatic heterocycles. The van der Waals surface area contributed by atoms with Gasteiger partial charge in [0, 0.05) is 33.6 Å². The molecule has 0 aliphatic carbocycles. The number of carbonyl (C=O) groups excluding carboxylic acids is 1. The Balaban J connectivity index is 3.14. The van der Waals surface area contributed by atoms with Crippen molar-refractivity contribution in [1.29, 1.82) is 5.26 Å². The lowest BCUT2D eigenvalue weighted by molar-refractivity contribution is 0.217. The van der Waals surface area contributed by atoms with Crippen LogP contribution in [0.1, 0.15) is 12.8 Å². The Labute approximate surface area is 85.1 Å². The van der Waals surface area contributed by atoms with Gasteiger partial charge in [-0.25, -0.2) is 4.79 Å². The van der Waals surface area contributed by atoms with Crippen molar-refractivity contribution in [3.05, 3.63) is 0 Å². The van der Waals surface area contributed by atoms with Gasteiger partial charge in [0.15, 0.2) is 0 Å². The number of amides is 2. The second kappa shape index (κ2) is 8.32. The fourth-order valence-electron chi connectivity index (χ4n) is 0.833. The maximum Gasteiger partial charge on any atom is 0.316 e. The first-order valence-electron chi connectivity index (χ1n) is 4.71. The maximum atomic E-state index is 11.0. The lowest BCUT2D eigenvalue weighted by Crippen LogP contribution is -2.38. The Morgan fingerprint density at radius 3 is 2.64 bits per heavy atom. The predicted molar refractivity (Wildman–Crippen MR) is 54.8 cm³/mol. The quantitative estimate of drug-likeness (QED) is 0.597. The Kier molecular flexibility index (Phi) is 7.56. The molecule has 0 aliphatic rings. The van der Waals surface area contributed by atoms with E-state index in [4.69, 9.17) is 5.26 Å². The zero-order valence-electron chi connectivity index (χ0n) is 8.84. The fourth-order valence-corrected chi connectivity index (χ4v) is 0.833. The van der Waals surface area contributed by atoms with Crippen LogP contribution in [-0.4, -0.2) is 44.7 Å². The van der Waals surface area contributed by atoms with Crippen molar-refractivity contribution in [1.82, 2.24) is 15.5 Å². The third kappa shape index (κ3) is 7.37. The molecule has 14 heavy (non-hydrogen) atoms. The zero-order chi connectivity index (χ0) is 10.8. The van der Waals surface area contributed by atoms with E-state index >= 15 is 0 Å². The highest BCUT2D eigenvalue weighted by molar-refractivity contribution is 5.73. The molecule has 0 aromatic rings. The molecule has 2 amide bonds. The molecule has 0 bridgehead atoms. The molecule has 0 aromatic carbocycles. The van der Waals surface area contributed by atoms with E-state index in [0.717, 1.165) is 19.5 Å². The summed E-state index contributed by atoms with van der Waals surface area (Å²) in [5.74, 6) is 0. The third-order valence-corrected chi connectivity index (χ3v) is 1.63. The van der Waals surface area contributed by atoms with E-state index < -0.39 is 0 Å². The van der Waals surface area contributed by atoms with Crippen LogP contribution >= 0.6 is 0 Å². The van der Waals surface area contributed by atoms with Crippen LogP contribution in [0.4, 0.5) is 4.79 Å². The second-order valence-electron chi connectivity index (χ2n) is 3.14. The summed E-state index contributed by atoms with van der Waals surface area (Å²) in [7, 11) is 3.41. The van der Waals surface area contributed by atoms with E-state index in [1.165, 1.54) is 4.90 Å². The summed E-state index contributed by atoms with van der Waals surface area (Å²) in [6.07, 6.45) is 1.44. The van der Waals surface area contributed by atoms with Crippen LogP contribution < -0.4 is 10.6 Å². The summed E-state index contributed by atoms with van der Waals surface area (Å²) in [5, 5.41) is 14.1. The fraction of sp³-hybridized carbons (Fsp3) is 0.778. The number of carbonyl (C=O) groups is 1. The van der Waals surface area contributed by atoms with Gasteiger partial charge in [0.05, 0.1) is 6.07 Å². The summed E-state index contributed by atoms with van der Waals surface area (Å²) < 4.78 is 0. The van der Waals surface area contributed by atoms with Gasteiger partial charge >= 0.3 is 6.03 Å². The number of urea groups is 1. The summed E-state index contributed by atoms with van der Waals surface area (Å²) >= 11 is 0. The largest absolute Gasteiger partial charge is 0.337 e. The third-order valence-electron chi connectivity index (χ3n) is 1.63. The molecular formula is C9H18N4O. The molecule has 0 rings (SSSR count). The smallest absolute Gasteiger partial charge is 0.316 e. The standard InChI is InChI=1S/C9H18N4O/c1-13(2)9(14)12-8-7-11-6-4-3-5-10/h11H,3-4,6-8H2,1-2H3,(H,12,14). The van der Waals surface area contributed by atoms with Gasteiger partial charge in [-0.1, -0.05) is 0 Å². The van der Waals surface area contributed by atoms with Crippen LogP contribution in [0.25, 0.3) is 0 Å². The van der Waals surface area contributed by atoms with Gasteiger partial charge in [-0.3, -0.25) is 0 Å². The molecule has 0 radical (unpaired) electrons. The first-order valence-corrected chi connectivity index (χ1v) is 4.71. The zero-order valence-corrected chi connectivity index (χ0v) is 8.84.